The lowest BCUT2D eigenvalue weighted by Gasteiger charge is -2.16. The molecular weight excluding hydrogens is 428 g/mol. The van der Waals surface area contributed by atoms with Gasteiger partial charge in [-0.25, -0.2) is 8.42 Å². The average molecular weight is 451 g/mol. The van der Waals surface area contributed by atoms with Crippen LogP contribution in [0, 0.1) is 6.92 Å². The first-order valence-electron chi connectivity index (χ1n) is 9.75. The number of anilines is 1. The number of sulfonamides is 1. The maximum atomic E-state index is 13.1. The first kappa shape index (κ1) is 21.2. The van der Waals surface area contributed by atoms with Crippen LogP contribution < -0.4 is 5.32 Å². The number of hydrogen-bond acceptors (Lipinski definition) is 4. The van der Waals surface area contributed by atoms with Gasteiger partial charge in [0.1, 0.15) is 4.21 Å². The van der Waals surface area contributed by atoms with E-state index in [1.807, 2.05) is 61.5 Å². The number of nitrogens with zero attached hydrogens (tertiary/aromatic N) is 1. The Morgan fingerprint density at radius 2 is 1.71 bits per heavy atom. The third-order valence-electron chi connectivity index (χ3n) is 4.97. The monoisotopic (exact) mass is 450 g/mol. The minimum Gasteiger partial charge on any atom is -0.322 e. The Bertz CT molecular complexity index is 1310. The van der Waals surface area contributed by atoms with Crippen molar-refractivity contribution in [3.05, 3.63) is 95.6 Å². The van der Waals surface area contributed by atoms with Gasteiger partial charge in [0.25, 0.3) is 15.9 Å². The molecule has 4 aromatic rings. The molecule has 1 N–H and O–H groups in total. The molecule has 0 spiro atoms. The zero-order chi connectivity index (χ0) is 22.0. The van der Waals surface area contributed by atoms with Gasteiger partial charge in [-0.05, 0) is 54.3 Å². The van der Waals surface area contributed by atoms with Gasteiger partial charge < -0.3 is 5.32 Å². The summed E-state index contributed by atoms with van der Waals surface area (Å²) in [5.41, 5.74) is 3.04. The summed E-state index contributed by atoms with van der Waals surface area (Å²) >= 11 is 1.26. The van der Waals surface area contributed by atoms with Crippen molar-refractivity contribution in [2.45, 2.75) is 17.7 Å². The molecule has 7 heteroatoms. The van der Waals surface area contributed by atoms with E-state index in [0.717, 1.165) is 21.2 Å². The lowest BCUT2D eigenvalue weighted by molar-refractivity contribution is 0.102. The number of carbonyl (C=O) groups is 1. The maximum Gasteiger partial charge on any atom is 0.255 e. The molecule has 1 heterocycles. The molecule has 1 aromatic heterocycles. The summed E-state index contributed by atoms with van der Waals surface area (Å²) in [6.07, 6.45) is 0. The Morgan fingerprint density at radius 1 is 0.968 bits per heavy atom. The topological polar surface area (TPSA) is 66.5 Å². The Morgan fingerprint density at radius 3 is 2.45 bits per heavy atom. The molecule has 0 aliphatic rings. The van der Waals surface area contributed by atoms with Crippen LogP contribution in [0.4, 0.5) is 5.69 Å². The third-order valence-corrected chi connectivity index (χ3v) is 8.34. The van der Waals surface area contributed by atoms with E-state index in [1.165, 1.54) is 15.6 Å². The number of amides is 1. The number of rotatable bonds is 6. The fourth-order valence-electron chi connectivity index (χ4n) is 3.23. The number of fused-ring (bicyclic) bond motifs is 1. The molecule has 0 aliphatic carbocycles. The van der Waals surface area contributed by atoms with Gasteiger partial charge >= 0.3 is 0 Å². The highest BCUT2D eigenvalue weighted by Crippen LogP contribution is 2.31. The predicted molar refractivity (Wildman–Crippen MR) is 126 cm³/mol. The lowest BCUT2D eigenvalue weighted by atomic mass is 10.1. The number of thiophene rings is 1. The van der Waals surface area contributed by atoms with Crippen LogP contribution in [0.1, 0.15) is 21.5 Å². The van der Waals surface area contributed by atoms with Crippen LogP contribution >= 0.6 is 11.3 Å². The first-order valence-corrected chi connectivity index (χ1v) is 12.0. The van der Waals surface area contributed by atoms with E-state index in [4.69, 9.17) is 0 Å². The molecule has 31 heavy (non-hydrogen) atoms. The molecule has 0 saturated carbocycles. The summed E-state index contributed by atoms with van der Waals surface area (Å²) in [5.74, 6) is -0.235. The van der Waals surface area contributed by atoms with Crippen molar-refractivity contribution in [2.75, 3.05) is 12.4 Å². The largest absolute Gasteiger partial charge is 0.322 e. The van der Waals surface area contributed by atoms with Crippen molar-refractivity contribution in [3.63, 3.8) is 0 Å². The lowest BCUT2D eigenvalue weighted by Crippen LogP contribution is -2.26. The number of aryl methyl sites for hydroxylation is 1. The molecule has 0 fully saturated rings. The summed E-state index contributed by atoms with van der Waals surface area (Å²) in [6, 6.07) is 23.9. The molecular formula is C24H22N2O3S2. The van der Waals surface area contributed by atoms with Crippen LogP contribution in [0.3, 0.4) is 0 Å². The Labute approximate surface area is 186 Å². The standard InChI is InChI=1S/C24H22N2O3S2/c1-17-10-12-21(13-11-17)25-24(27)20-8-5-6-18(14-20)16-26(2)31(28,29)23-15-19-7-3-4-9-22(19)30-23/h3-15H,16H2,1-2H3,(H,25,27). The van der Waals surface area contributed by atoms with Crippen molar-refractivity contribution in [1.82, 2.24) is 4.31 Å². The van der Waals surface area contributed by atoms with Gasteiger partial charge in [0, 0.05) is 29.5 Å². The van der Waals surface area contributed by atoms with E-state index in [9.17, 15) is 13.2 Å². The van der Waals surface area contributed by atoms with E-state index in [1.54, 1.807) is 31.3 Å². The zero-order valence-electron chi connectivity index (χ0n) is 17.2. The minimum absolute atomic E-state index is 0.169. The molecule has 158 valence electrons. The predicted octanol–water partition coefficient (Wildman–Crippen LogP) is 5.28. The zero-order valence-corrected chi connectivity index (χ0v) is 18.8. The van der Waals surface area contributed by atoms with Gasteiger partial charge in [-0.15, -0.1) is 11.3 Å². The number of benzene rings is 3. The van der Waals surface area contributed by atoms with E-state index < -0.39 is 10.0 Å². The SMILES string of the molecule is Cc1ccc(NC(=O)c2cccc(CN(C)S(=O)(=O)c3cc4ccccc4s3)c2)cc1. The summed E-state index contributed by atoms with van der Waals surface area (Å²) in [7, 11) is -2.08. The van der Waals surface area contributed by atoms with Crippen molar-refractivity contribution < 1.29 is 13.2 Å². The molecule has 0 bridgehead atoms. The van der Waals surface area contributed by atoms with E-state index in [2.05, 4.69) is 5.32 Å². The van der Waals surface area contributed by atoms with Gasteiger partial charge in [0.15, 0.2) is 0 Å². The summed E-state index contributed by atoms with van der Waals surface area (Å²) in [6.45, 7) is 2.15. The molecule has 0 aliphatic heterocycles. The van der Waals surface area contributed by atoms with Crippen LogP contribution in [0.2, 0.25) is 0 Å². The van der Waals surface area contributed by atoms with Crippen LogP contribution in [-0.4, -0.2) is 25.7 Å². The quantitative estimate of drug-likeness (QED) is 0.434. The second kappa shape index (κ2) is 8.63. The molecule has 5 nitrogen and oxygen atoms in total. The van der Waals surface area contributed by atoms with Crippen molar-refractivity contribution in [2.24, 2.45) is 0 Å². The van der Waals surface area contributed by atoms with E-state index in [-0.39, 0.29) is 12.5 Å². The van der Waals surface area contributed by atoms with Crippen molar-refractivity contribution in [3.8, 4) is 0 Å². The van der Waals surface area contributed by atoms with Crippen molar-refractivity contribution >= 4 is 43.0 Å². The van der Waals surface area contributed by atoms with Crippen LogP contribution in [0.5, 0.6) is 0 Å². The van der Waals surface area contributed by atoms with Gasteiger partial charge in [-0.2, -0.15) is 4.31 Å². The highest BCUT2D eigenvalue weighted by Gasteiger charge is 2.23. The van der Waals surface area contributed by atoms with Gasteiger partial charge in [-0.1, -0.05) is 48.0 Å². The minimum atomic E-state index is -3.63. The average Bonchev–Trinajstić information content (AvgIpc) is 3.21. The molecule has 0 unspecified atom stereocenters. The second-order valence-corrected chi connectivity index (χ2v) is 10.7. The Balaban J connectivity index is 1.51. The maximum absolute atomic E-state index is 13.1. The molecule has 4 rings (SSSR count). The number of carbonyl (C=O) groups excluding carboxylic acids is 1. The van der Waals surface area contributed by atoms with E-state index in [0.29, 0.717) is 15.5 Å². The van der Waals surface area contributed by atoms with Crippen molar-refractivity contribution in [1.29, 1.82) is 0 Å². The Kier molecular flexibility index (Phi) is 5.91. The normalized spacial score (nSPS) is 11.7. The van der Waals surface area contributed by atoms with Gasteiger partial charge in [-0.3, -0.25) is 4.79 Å². The molecule has 0 saturated heterocycles. The third kappa shape index (κ3) is 4.69. The second-order valence-electron chi connectivity index (χ2n) is 7.38. The summed E-state index contributed by atoms with van der Waals surface area (Å²) < 4.78 is 28.7. The highest BCUT2D eigenvalue weighted by molar-refractivity contribution is 7.91. The number of hydrogen-bond donors (Lipinski definition) is 1. The van der Waals surface area contributed by atoms with Crippen LogP contribution in [-0.2, 0) is 16.6 Å². The highest BCUT2D eigenvalue weighted by atomic mass is 32.2. The van der Waals surface area contributed by atoms with Gasteiger partial charge in [0.2, 0.25) is 0 Å². The molecule has 0 radical (unpaired) electrons. The molecule has 3 aromatic carbocycles. The van der Waals surface area contributed by atoms with Crippen LogP contribution in [0.15, 0.2) is 83.1 Å². The fourth-order valence-corrected chi connectivity index (χ4v) is 6.00. The molecule has 1 amide bonds. The summed E-state index contributed by atoms with van der Waals surface area (Å²) in [5, 5.41) is 3.78. The van der Waals surface area contributed by atoms with Crippen LogP contribution in [0.25, 0.3) is 10.1 Å². The smallest absolute Gasteiger partial charge is 0.255 e. The van der Waals surface area contributed by atoms with E-state index >= 15 is 0 Å². The number of nitrogens with one attached hydrogen (secondary N) is 1. The van der Waals surface area contributed by atoms with Gasteiger partial charge in [0.05, 0.1) is 0 Å². The first-order chi connectivity index (χ1) is 14.8. The Hall–Kier alpha value is -3.00. The summed E-state index contributed by atoms with van der Waals surface area (Å²) in [4.78, 5) is 12.6. The fraction of sp³-hybridized carbons (Fsp3) is 0.125. The molecule has 0 atom stereocenters.